The molecule has 1 atom stereocenters. The number of aromatic nitrogens is 1. The molecule has 6 heteroatoms. The quantitative estimate of drug-likeness (QED) is 0.764. The van der Waals surface area contributed by atoms with Gasteiger partial charge in [0.2, 0.25) is 0 Å². The number of nitrogens with two attached hydrogens (primary N) is 1. The summed E-state index contributed by atoms with van der Waals surface area (Å²) in [6.07, 6.45) is 1.99. The Morgan fingerprint density at radius 3 is 2.84 bits per heavy atom. The highest BCUT2D eigenvalue weighted by Gasteiger charge is 2.21. The van der Waals surface area contributed by atoms with E-state index in [9.17, 15) is 4.79 Å². The molecule has 1 aromatic heterocycles. The molecular formula is C13H19N3O3. The number of aromatic carboxylic acids is 1. The summed E-state index contributed by atoms with van der Waals surface area (Å²) in [6.45, 7) is 3.61. The summed E-state index contributed by atoms with van der Waals surface area (Å²) < 4.78 is 5.33. The summed E-state index contributed by atoms with van der Waals surface area (Å²) in [5.74, 6) is -0.121. The predicted molar refractivity (Wildman–Crippen MR) is 72.2 cm³/mol. The second-order valence-corrected chi connectivity index (χ2v) is 4.82. The molecule has 1 fully saturated rings. The maximum absolute atomic E-state index is 10.9. The molecule has 1 aliphatic rings. The van der Waals surface area contributed by atoms with Crippen LogP contribution in [0.15, 0.2) is 12.1 Å². The van der Waals surface area contributed by atoms with Crippen molar-refractivity contribution in [2.24, 2.45) is 5.92 Å². The minimum atomic E-state index is -1.05. The summed E-state index contributed by atoms with van der Waals surface area (Å²) >= 11 is 0. The standard InChI is InChI=1S/C13H19N3O3/c1-8(9-4-6-19-7-5-9)15-12-10(14)2-3-11(16-12)13(17)18/h2-3,8-9H,4-7,14H2,1H3,(H,15,16)(H,17,18). The molecule has 2 rings (SSSR count). The smallest absolute Gasteiger partial charge is 0.354 e. The topological polar surface area (TPSA) is 97.5 Å². The van der Waals surface area contributed by atoms with Crippen LogP contribution in [0, 0.1) is 5.92 Å². The number of rotatable bonds is 4. The first kappa shape index (κ1) is 13.6. The van der Waals surface area contributed by atoms with Crippen molar-refractivity contribution in [3.05, 3.63) is 17.8 Å². The fourth-order valence-corrected chi connectivity index (χ4v) is 2.25. The van der Waals surface area contributed by atoms with E-state index in [4.69, 9.17) is 15.6 Å². The third-order valence-corrected chi connectivity index (χ3v) is 3.48. The average Bonchev–Trinajstić information content (AvgIpc) is 2.42. The monoisotopic (exact) mass is 265 g/mol. The molecule has 0 amide bonds. The molecule has 1 unspecified atom stereocenters. The van der Waals surface area contributed by atoms with Gasteiger partial charge in [0.05, 0.1) is 5.69 Å². The van der Waals surface area contributed by atoms with Crippen LogP contribution in [0.3, 0.4) is 0 Å². The Balaban J connectivity index is 2.08. The molecule has 0 radical (unpaired) electrons. The molecule has 0 bridgehead atoms. The lowest BCUT2D eigenvalue weighted by atomic mass is 9.93. The fraction of sp³-hybridized carbons (Fsp3) is 0.538. The minimum absolute atomic E-state index is 0.00382. The molecule has 0 aliphatic carbocycles. The van der Waals surface area contributed by atoms with Crippen molar-refractivity contribution >= 4 is 17.5 Å². The molecule has 0 saturated carbocycles. The van der Waals surface area contributed by atoms with E-state index in [0.717, 1.165) is 26.1 Å². The first-order valence-electron chi connectivity index (χ1n) is 6.42. The molecule has 1 aliphatic heterocycles. The van der Waals surface area contributed by atoms with Gasteiger partial charge in [0.15, 0.2) is 5.69 Å². The summed E-state index contributed by atoms with van der Waals surface area (Å²) in [5.41, 5.74) is 6.28. The number of nitrogen functional groups attached to an aromatic ring is 1. The predicted octanol–water partition coefficient (Wildman–Crippen LogP) is 1.59. The molecule has 1 aromatic rings. The van der Waals surface area contributed by atoms with Gasteiger partial charge in [-0.2, -0.15) is 0 Å². The fourth-order valence-electron chi connectivity index (χ4n) is 2.25. The Hall–Kier alpha value is -1.82. The van der Waals surface area contributed by atoms with Gasteiger partial charge in [-0.1, -0.05) is 0 Å². The zero-order valence-electron chi connectivity index (χ0n) is 10.9. The lowest BCUT2D eigenvalue weighted by molar-refractivity contribution is 0.0622. The zero-order valence-corrected chi connectivity index (χ0v) is 10.9. The molecular weight excluding hydrogens is 246 g/mol. The van der Waals surface area contributed by atoms with Gasteiger partial charge in [0.1, 0.15) is 5.82 Å². The van der Waals surface area contributed by atoms with E-state index in [2.05, 4.69) is 17.2 Å². The highest BCUT2D eigenvalue weighted by molar-refractivity contribution is 5.86. The molecule has 19 heavy (non-hydrogen) atoms. The van der Waals surface area contributed by atoms with E-state index >= 15 is 0 Å². The first-order valence-corrected chi connectivity index (χ1v) is 6.42. The van der Waals surface area contributed by atoms with Gasteiger partial charge in [-0.3, -0.25) is 0 Å². The Morgan fingerprint density at radius 2 is 2.21 bits per heavy atom. The van der Waals surface area contributed by atoms with Crippen molar-refractivity contribution in [1.82, 2.24) is 4.98 Å². The Morgan fingerprint density at radius 1 is 1.53 bits per heavy atom. The summed E-state index contributed by atoms with van der Waals surface area (Å²) in [6, 6.07) is 3.15. The van der Waals surface area contributed by atoms with Crippen LogP contribution < -0.4 is 11.1 Å². The van der Waals surface area contributed by atoms with Gasteiger partial charge in [-0.25, -0.2) is 9.78 Å². The van der Waals surface area contributed by atoms with E-state index in [0.29, 0.717) is 17.4 Å². The minimum Gasteiger partial charge on any atom is -0.477 e. The Kier molecular flexibility index (Phi) is 4.21. The number of carbonyl (C=O) groups is 1. The van der Waals surface area contributed by atoms with Gasteiger partial charge in [0, 0.05) is 19.3 Å². The van der Waals surface area contributed by atoms with E-state index in [1.54, 1.807) is 6.07 Å². The van der Waals surface area contributed by atoms with Crippen LogP contribution >= 0.6 is 0 Å². The zero-order chi connectivity index (χ0) is 13.8. The molecule has 6 nitrogen and oxygen atoms in total. The number of carboxylic acid groups (broad SMARTS) is 1. The van der Waals surface area contributed by atoms with Gasteiger partial charge >= 0.3 is 5.97 Å². The Labute approximate surface area is 112 Å². The number of pyridine rings is 1. The lowest BCUT2D eigenvalue weighted by Crippen LogP contribution is -2.31. The van der Waals surface area contributed by atoms with Crippen LogP contribution in [0.4, 0.5) is 11.5 Å². The molecule has 1 saturated heterocycles. The third-order valence-electron chi connectivity index (χ3n) is 3.48. The number of hydrogen-bond donors (Lipinski definition) is 3. The van der Waals surface area contributed by atoms with Crippen molar-refractivity contribution in [2.45, 2.75) is 25.8 Å². The largest absolute Gasteiger partial charge is 0.477 e. The van der Waals surface area contributed by atoms with Crippen LogP contribution in [0.5, 0.6) is 0 Å². The molecule has 104 valence electrons. The summed E-state index contributed by atoms with van der Waals surface area (Å²) in [7, 11) is 0. The summed E-state index contributed by atoms with van der Waals surface area (Å²) in [5, 5.41) is 12.2. The average molecular weight is 265 g/mol. The van der Waals surface area contributed by atoms with Crippen LogP contribution in [0.2, 0.25) is 0 Å². The Bertz CT molecular complexity index is 458. The number of carboxylic acids is 1. The van der Waals surface area contributed by atoms with E-state index in [-0.39, 0.29) is 11.7 Å². The summed E-state index contributed by atoms with van der Waals surface area (Å²) in [4.78, 5) is 14.9. The molecule has 0 spiro atoms. The maximum atomic E-state index is 10.9. The first-order chi connectivity index (χ1) is 9.08. The van der Waals surface area contributed by atoms with E-state index < -0.39 is 5.97 Å². The normalized spacial score (nSPS) is 17.9. The van der Waals surface area contributed by atoms with Gasteiger partial charge in [-0.05, 0) is 37.8 Å². The van der Waals surface area contributed by atoms with Crippen molar-refractivity contribution in [1.29, 1.82) is 0 Å². The highest BCUT2D eigenvalue weighted by atomic mass is 16.5. The molecule has 0 aromatic carbocycles. The number of nitrogens with zero attached hydrogens (tertiary/aromatic N) is 1. The van der Waals surface area contributed by atoms with Crippen LogP contribution in [-0.2, 0) is 4.74 Å². The van der Waals surface area contributed by atoms with E-state index in [1.165, 1.54) is 6.07 Å². The second-order valence-electron chi connectivity index (χ2n) is 4.82. The highest BCUT2D eigenvalue weighted by Crippen LogP contribution is 2.23. The number of ether oxygens (including phenoxy) is 1. The molecule has 4 N–H and O–H groups in total. The van der Waals surface area contributed by atoms with Crippen molar-refractivity contribution in [3.8, 4) is 0 Å². The number of anilines is 2. The van der Waals surface area contributed by atoms with Gasteiger partial charge in [-0.15, -0.1) is 0 Å². The third kappa shape index (κ3) is 3.35. The van der Waals surface area contributed by atoms with E-state index in [1.807, 2.05) is 0 Å². The van der Waals surface area contributed by atoms with Crippen molar-refractivity contribution in [2.75, 3.05) is 24.3 Å². The van der Waals surface area contributed by atoms with Crippen LogP contribution in [-0.4, -0.2) is 35.3 Å². The maximum Gasteiger partial charge on any atom is 0.354 e. The van der Waals surface area contributed by atoms with Crippen LogP contribution in [0.1, 0.15) is 30.3 Å². The second kappa shape index (κ2) is 5.88. The van der Waals surface area contributed by atoms with Gasteiger partial charge in [0.25, 0.3) is 0 Å². The van der Waals surface area contributed by atoms with Crippen molar-refractivity contribution in [3.63, 3.8) is 0 Å². The van der Waals surface area contributed by atoms with Gasteiger partial charge < -0.3 is 20.9 Å². The molecule has 2 heterocycles. The van der Waals surface area contributed by atoms with Crippen molar-refractivity contribution < 1.29 is 14.6 Å². The number of hydrogen-bond acceptors (Lipinski definition) is 5. The SMILES string of the molecule is CC(Nc1nc(C(=O)O)ccc1N)C1CCOCC1. The lowest BCUT2D eigenvalue weighted by Gasteiger charge is -2.29. The van der Waals surface area contributed by atoms with Crippen LogP contribution in [0.25, 0.3) is 0 Å². The number of nitrogens with one attached hydrogen (secondary N) is 1.